The Balaban J connectivity index is 1.92. The second-order valence-electron chi connectivity index (χ2n) is 5.66. The van der Waals surface area contributed by atoms with Crippen LogP contribution in [-0.2, 0) is 0 Å². The molecule has 0 saturated heterocycles. The lowest BCUT2D eigenvalue weighted by atomic mass is 9.94. The van der Waals surface area contributed by atoms with E-state index in [9.17, 15) is 0 Å². The first-order valence-corrected chi connectivity index (χ1v) is 7.91. The van der Waals surface area contributed by atoms with Crippen molar-refractivity contribution in [2.24, 2.45) is 0 Å². The first-order valence-electron chi connectivity index (χ1n) is 7.91. The van der Waals surface area contributed by atoms with E-state index in [-0.39, 0.29) is 0 Å². The van der Waals surface area contributed by atoms with E-state index in [2.05, 4.69) is 76.7 Å². The van der Waals surface area contributed by atoms with Crippen LogP contribution in [0.4, 0.5) is 0 Å². The van der Waals surface area contributed by atoms with Gasteiger partial charge in [0, 0.05) is 18.0 Å². The molecule has 4 rings (SSSR count). The molecule has 0 amide bonds. The Morgan fingerprint density at radius 1 is 0.417 bits per heavy atom. The van der Waals surface area contributed by atoms with Gasteiger partial charge in [-0.1, -0.05) is 60.7 Å². The summed E-state index contributed by atoms with van der Waals surface area (Å²) in [7, 11) is 0. The van der Waals surface area contributed by atoms with Crippen molar-refractivity contribution in [3.63, 3.8) is 0 Å². The zero-order chi connectivity index (χ0) is 16.2. The predicted molar refractivity (Wildman–Crippen MR) is 98.3 cm³/mol. The minimum absolute atomic E-state index is 1.02. The Morgan fingerprint density at radius 2 is 0.833 bits per heavy atom. The molecule has 4 aromatic rings. The third kappa shape index (κ3) is 2.95. The molecule has 1 aromatic heterocycles. The lowest BCUT2D eigenvalue weighted by molar-refractivity contribution is 1.17. The summed E-state index contributed by atoms with van der Waals surface area (Å²) in [6.45, 7) is 0. The molecule has 3 aromatic carbocycles. The molecular formula is C22H16N2. The van der Waals surface area contributed by atoms with Crippen molar-refractivity contribution >= 4 is 0 Å². The van der Waals surface area contributed by atoms with Gasteiger partial charge in [-0.15, -0.1) is 0 Å². The van der Waals surface area contributed by atoms with Crippen LogP contribution in [0.3, 0.4) is 0 Å². The molecular weight excluding hydrogens is 292 g/mol. The van der Waals surface area contributed by atoms with Crippen molar-refractivity contribution in [3.8, 4) is 33.4 Å². The van der Waals surface area contributed by atoms with Crippen LogP contribution in [0, 0.1) is 0 Å². The van der Waals surface area contributed by atoms with E-state index in [1.54, 1.807) is 6.33 Å². The van der Waals surface area contributed by atoms with E-state index < -0.39 is 0 Å². The second-order valence-corrected chi connectivity index (χ2v) is 5.66. The molecule has 0 unspecified atom stereocenters. The average Bonchev–Trinajstić information content (AvgIpc) is 2.70. The summed E-state index contributed by atoms with van der Waals surface area (Å²) in [5, 5.41) is 0. The molecule has 0 bridgehead atoms. The van der Waals surface area contributed by atoms with Gasteiger partial charge in [-0.05, 0) is 46.0 Å². The van der Waals surface area contributed by atoms with E-state index in [0.29, 0.717) is 0 Å². The molecule has 0 radical (unpaired) electrons. The fourth-order valence-electron chi connectivity index (χ4n) is 2.84. The Hall–Kier alpha value is -3.26. The lowest BCUT2D eigenvalue weighted by Crippen LogP contribution is -1.87. The average molecular weight is 308 g/mol. The van der Waals surface area contributed by atoms with E-state index in [4.69, 9.17) is 0 Å². The molecule has 0 aliphatic rings. The maximum atomic E-state index is 4.15. The molecule has 0 spiro atoms. The summed E-state index contributed by atoms with van der Waals surface area (Å²) in [5.41, 5.74) is 6.93. The Kier molecular flexibility index (Phi) is 3.86. The van der Waals surface area contributed by atoms with Crippen LogP contribution >= 0.6 is 0 Å². The molecule has 0 fully saturated rings. The minimum atomic E-state index is 1.02. The first-order chi connectivity index (χ1) is 11.9. The van der Waals surface area contributed by atoms with Gasteiger partial charge in [0.25, 0.3) is 0 Å². The number of hydrogen-bond acceptors (Lipinski definition) is 2. The molecule has 24 heavy (non-hydrogen) atoms. The maximum absolute atomic E-state index is 4.15. The third-order valence-electron chi connectivity index (χ3n) is 4.04. The zero-order valence-electron chi connectivity index (χ0n) is 13.1. The first kappa shape index (κ1) is 14.3. The Morgan fingerprint density at radius 3 is 1.29 bits per heavy atom. The molecule has 114 valence electrons. The molecule has 0 atom stereocenters. The zero-order valence-corrected chi connectivity index (χ0v) is 13.1. The van der Waals surface area contributed by atoms with Gasteiger partial charge in [0.15, 0.2) is 0 Å². The smallest absolute Gasteiger partial charge is 0.115 e. The standard InChI is InChI=1S/C22H16N2/c1-3-7-17(8-4-1)19-11-20(18-9-5-2-6-10-18)13-21(12-19)22-14-23-16-24-15-22/h1-16H. The fraction of sp³-hybridized carbons (Fsp3) is 0. The van der Waals surface area contributed by atoms with E-state index >= 15 is 0 Å². The third-order valence-corrected chi connectivity index (χ3v) is 4.04. The molecule has 2 heteroatoms. The van der Waals surface area contributed by atoms with Gasteiger partial charge in [0.2, 0.25) is 0 Å². The highest BCUT2D eigenvalue weighted by Gasteiger charge is 2.07. The molecule has 0 N–H and O–H groups in total. The van der Waals surface area contributed by atoms with Gasteiger partial charge >= 0.3 is 0 Å². The maximum Gasteiger partial charge on any atom is 0.115 e. The van der Waals surface area contributed by atoms with Crippen molar-refractivity contribution in [2.45, 2.75) is 0 Å². The largest absolute Gasteiger partial charge is 0.244 e. The lowest BCUT2D eigenvalue weighted by Gasteiger charge is -2.10. The van der Waals surface area contributed by atoms with Gasteiger partial charge in [-0.25, -0.2) is 9.97 Å². The molecule has 0 aliphatic carbocycles. The van der Waals surface area contributed by atoms with Crippen LogP contribution in [0.5, 0.6) is 0 Å². The van der Waals surface area contributed by atoms with Crippen LogP contribution in [0.15, 0.2) is 97.6 Å². The highest BCUT2D eigenvalue weighted by atomic mass is 14.8. The molecule has 0 saturated carbocycles. The van der Waals surface area contributed by atoms with Crippen LogP contribution in [0.25, 0.3) is 33.4 Å². The summed E-state index contributed by atoms with van der Waals surface area (Å²) >= 11 is 0. The quantitative estimate of drug-likeness (QED) is 0.501. The number of benzene rings is 3. The van der Waals surface area contributed by atoms with Crippen molar-refractivity contribution in [2.75, 3.05) is 0 Å². The van der Waals surface area contributed by atoms with Crippen LogP contribution < -0.4 is 0 Å². The molecule has 0 aliphatic heterocycles. The van der Waals surface area contributed by atoms with Gasteiger partial charge < -0.3 is 0 Å². The van der Waals surface area contributed by atoms with E-state index in [1.165, 1.54) is 22.3 Å². The van der Waals surface area contributed by atoms with Gasteiger partial charge in [-0.3, -0.25) is 0 Å². The highest BCUT2D eigenvalue weighted by Crippen LogP contribution is 2.32. The summed E-state index contributed by atoms with van der Waals surface area (Å²) in [4.78, 5) is 8.31. The summed E-state index contributed by atoms with van der Waals surface area (Å²) in [5.74, 6) is 0. The monoisotopic (exact) mass is 308 g/mol. The van der Waals surface area contributed by atoms with Gasteiger partial charge in [0.1, 0.15) is 6.33 Å². The van der Waals surface area contributed by atoms with Gasteiger partial charge in [0.05, 0.1) is 0 Å². The van der Waals surface area contributed by atoms with Crippen molar-refractivity contribution in [1.29, 1.82) is 0 Å². The van der Waals surface area contributed by atoms with Crippen LogP contribution in [0.2, 0.25) is 0 Å². The van der Waals surface area contributed by atoms with Gasteiger partial charge in [-0.2, -0.15) is 0 Å². The normalized spacial score (nSPS) is 10.5. The number of aromatic nitrogens is 2. The Labute approximate surface area is 141 Å². The second kappa shape index (κ2) is 6.47. The van der Waals surface area contributed by atoms with Crippen molar-refractivity contribution < 1.29 is 0 Å². The highest BCUT2D eigenvalue weighted by molar-refractivity contribution is 5.80. The van der Waals surface area contributed by atoms with Crippen molar-refractivity contribution in [3.05, 3.63) is 97.6 Å². The molecule has 1 heterocycles. The number of nitrogens with zero attached hydrogens (tertiary/aromatic N) is 2. The van der Waals surface area contributed by atoms with Crippen LogP contribution in [-0.4, -0.2) is 9.97 Å². The van der Waals surface area contributed by atoms with Crippen LogP contribution in [0.1, 0.15) is 0 Å². The summed E-state index contributed by atoms with van der Waals surface area (Å²) < 4.78 is 0. The van der Waals surface area contributed by atoms with E-state index in [1.807, 2.05) is 24.5 Å². The summed E-state index contributed by atoms with van der Waals surface area (Å²) in [6, 6.07) is 27.5. The number of hydrogen-bond donors (Lipinski definition) is 0. The topological polar surface area (TPSA) is 25.8 Å². The summed E-state index contributed by atoms with van der Waals surface area (Å²) in [6.07, 6.45) is 5.26. The minimum Gasteiger partial charge on any atom is -0.244 e. The SMILES string of the molecule is c1ccc(-c2cc(-c3ccccc3)cc(-c3cncnc3)c2)cc1. The Bertz CT molecular complexity index is 794. The number of rotatable bonds is 3. The fourth-order valence-corrected chi connectivity index (χ4v) is 2.84. The predicted octanol–water partition coefficient (Wildman–Crippen LogP) is 5.48. The van der Waals surface area contributed by atoms with E-state index in [0.717, 1.165) is 11.1 Å². The van der Waals surface area contributed by atoms with Crippen molar-refractivity contribution in [1.82, 2.24) is 9.97 Å². The molecule has 2 nitrogen and oxygen atoms in total.